The second kappa shape index (κ2) is 5.40. The lowest BCUT2D eigenvalue weighted by Crippen LogP contribution is -2.23. The van der Waals surface area contributed by atoms with Crippen LogP contribution in [0.2, 0.25) is 0 Å². The third-order valence-electron chi connectivity index (χ3n) is 2.91. The topological polar surface area (TPSA) is 61.0 Å². The second-order valence-electron chi connectivity index (χ2n) is 4.52. The molecule has 0 saturated heterocycles. The molecule has 0 aliphatic rings. The van der Waals surface area contributed by atoms with Crippen LogP contribution in [0.5, 0.6) is 5.88 Å². The number of aromatic nitrogens is 2. The lowest BCUT2D eigenvalue weighted by molar-refractivity contribution is 0.161. The predicted octanol–water partition coefficient (Wildman–Crippen LogP) is 2.15. The van der Waals surface area contributed by atoms with Crippen molar-refractivity contribution in [3.05, 3.63) is 16.8 Å². The molecule has 1 rings (SSSR count). The number of hydrogen-bond acceptors (Lipinski definition) is 4. The molecule has 0 aromatic carbocycles. The molecule has 1 unspecified atom stereocenters. The van der Waals surface area contributed by atoms with Gasteiger partial charge in [0.2, 0.25) is 5.88 Å². The molecule has 0 saturated carbocycles. The highest BCUT2D eigenvalue weighted by molar-refractivity contribution is 7.80. The van der Waals surface area contributed by atoms with Gasteiger partial charge in [-0.25, -0.2) is 0 Å². The van der Waals surface area contributed by atoms with Crippen LogP contribution in [-0.4, -0.2) is 21.3 Å². The van der Waals surface area contributed by atoms with E-state index in [0.717, 1.165) is 11.3 Å². The number of hydrogen-bond donors (Lipinski definition) is 1. The van der Waals surface area contributed by atoms with Crippen molar-refractivity contribution >= 4 is 17.2 Å². The van der Waals surface area contributed by atoms with E-state index in [1.807, 2.05) is 20.8 Å². The van der Waals surface area contributed by atoms with Gasteiger partial charge in [-0.15, -0.1) is 5.10 Å². The minimum atomic E-state index is 0.0412. The van der Waals surface area contributed by atoms with Crippen molar-refractivity contribution < 1.29 is 4.74 Å². The van der Waals surface area contributed by atoms with Crippen LogP contribution in [-0.2, 0) is 0 Å². The summed E-state index contributed by atoms with van der Waals surface area (Å²) >= 11 is 5.05. The number of ether oxygens (including phenoxy) is 1. The molecule has 17 heavy (non-hydrogen) atoms. The van der Waals surface area contributed by atoms with Crippen LogP contribution in [0, 0.1) is 19.8 Å². The highest BCUT2D eigenvalue weighted by Gasteiger charge is 2.18. The van der Waals surface area contributed by atoms with Crippen LogP contribution in [0.1, 0.15) is 37.6 Å². The van der Waals surface area contributed by atoms with Gasteiger partial charge in [-0.1, -0.05) is 26.1 Å². The molecule has 0 fully saturated rings. The van der Waals surface area contributed by atoms with Gasteiger partial charge < -0.3 is 10.5 Å². The van der Waals surface area contributed by atoms with Gasteiger partial charge in [-0.2, -0.15) is 5.10 Å². The lowest BCUT2D eigenvalue weighted by atomic mass is 10.1. The maximum absolute atomic E-state index is 5.76. The largest absolute Gasteiger partial charge is 0.473 e. The van der Waals surface area contributed by atoms with Crippen LogP contribution >= 0.6 is 12.2 Å². The van der Waals surface area contributed by atoms with E-state index in [-0.39, 0.29) is 6.10 Å². The van der Waals surface area contributed by atoms with Crippen LogP contribution in [0.15, 0.2) is 0 Å². The summed E-state index contributed by atoms with van der Waals surface area (Å²) in [4.78, 5) is 0.298. The Hall–Kier alpha value is -1.23. The van der Waals surface area contributed by atoms with Gasteiger partial charge in [0.25, 0.3) is 0 Å². The first-order chi connectivity index (χ1) is 7.84. The molecule has 0 amide bonds. The summed E-state index contributed by atoms with van der Waals surface area (Å²) in [6.07, 6.45) is 0.0412. The van der Waals surface area contributed by atoms with E-state index in [1.54, 1.807) is 0 Å². The minimum absolute atomic E-state index is 0.0412. The molecular weight excluding hydrogens is 234 g/mol. The molecule has 0 bridgehead atoms. The van der Waals surface area contributed by atoms with Crippen molar-refractivity contribution in [2.45, 2.75) is 40.7 Å². The van der Waals surface area contributed by atoms with Gasteiger partial charge in [0.05, 0.1) is 17.4 Å². The predicted molar refractivity (Wildman–Crippen MR) is 72.3 cm³/mol. The maximum Gasteiger partial charge on any atom is 0.244 e. The van der Waals surface area contributed by atoms with Crippen molar-refractivity contribution in [3.8, 4) is 5.88 Å². The summed E-state index contributed by atoms with van der Waals surface area (Å²) in [6, 6.07) is 0. The third kappa shape index (κ3) is 3.12. The molecule has 1 heterocycles. The maximum atomic E-state index is 5.76. The molecular formula is C12H19N3OS. The van der Waals surface area contributed by atoms with Crippen molar-refractivity contribution in [3.63, 3.8) is 0 Å². The van der Waals surface area contributed by atoms with Crippen molar-refractivity contribution in [2.75, 3.05) is 0 Å². The molecule has 2 N–H and O–H groups in total. The van der Waals surface area contributed by atoms with Crippen molar-refractivity contribution in [1.29, 1.82) is 0 Å². The zero-order chi connectivity index (χ0) is 13.2. The fourth-order valence-electron chi connectivity index (χ4n) is 1.27. The summed E-state index contributed by atoms with van der Waals surface area (Å²) in [5, 5.41) is 8.09. The van der Waals surface area contributed by atoms with Gasteiger partial charge in [0.15, 0.2) is 0 Å². The average molecular weight is 253 g/mol. The van der Waals surface area contributed by atoms with Gasteiger partial charge in [0, 0.05) is 0 Å². The average Bonchev–Trinajstić information content (AvgIpc) is 2.22. The van der Waals surface area contributed by atoms with Crippen LogP contribution in [0.4, 0.5) is 0 Å². The van der Waals surface area contributed by atoms with Gasteiger partial charge in [-0.05, 0) is 32.3 Å². The number of thiocarbonyl (C=S) groups is 1. The van der Waals surface area contributed by atoms with E-state index in [9.17, 15) is 0 Å². The highest BCUT2D eigenvalue weighted by atomic mass is 32.1. The monoisotopic (exact) mass is 253 g/mol. The minimum Gasteiger partial charge on any atom is -0.473 e. The highest BCUT2D eigenvalue weighted by Crippen LogP contribution is 2.22. The molecule has 0 aliphatic carbocycles. The van der Waals surface area contributed by atoms with Gasteiger partial charge in [0.1, 0.15) is 4.99 Å². The Morgan fingerprint density at radius 2 is 1.82 bits per heavy atom. The van der Waals surface area contributed by atoms with Crippen LogP contribution in [0.25, 0.3) is 0 Å². The molecule has 0 radical (unpaired) electrons. The SMILES string of the molecule is Cc1nnc(OC(C)C(C)C)c(C(N)=S)c1C. The number of nitrogens with two attached hydrogens (primary N) is 1. The number of rotatable bonds is 4. The van der Waals surface area contributed by atoms with Crippen LogP contribution < -0.4 is 10.5 Å². The summed E-state index contributed by atoms with van der Waals surface area (Å²) in [5.41, 5.74) is 8.16. The summed E-state index contributed by atoms with van der Waals surface area (Å²) < 4.78 is 5.76. The molecule has 4 nitrogen and oxygen atoms in total. The normalized spacial score (nSPS) is 12.6. The molecule has 94 valence electrons. The van der Waals surface area contributed by atoms with Crippen molar-refractivity contribution in [1.82, 2.24) is 10.2 Å². The molecule has 1 atom stereocenters. The first-order valence-corrected chi connectivity index (χ1v) is 6.05. The third-order valence-corrected chi connectivity index (χ3v) is 3.11. The Morgan fingerprint density at radius 3 is 2.29 bits per heavy atom. The fraction of sp³-hybridized carbons (Fsp3) is 0.583. The first-order valence-electron chi connectivity index (χ1n) is 5.65. The zero-order valence-electron chi connectivity index (χ0n) is 10.9. The molecule has 1 aromatic rings. The Morgan fingerprint density at radius 1 is 1.24 bits per heavy atom. The molecule has 0 spiro atoms. The van der Waals surface area contributed by atoms with E-state index in [2.05, 4.69) is 24.0 Å². The molecule has 1 aromatic heterocycles. The standard InChI is InChI=1S/C12H19N3OS/c1-6(2)9(5)16-12-10(11(13)17)7(3)8(4)14-15-12/h6,9H,1-5H3,(H2,13,17). The Balaban J connectivity index is 3.16. The molecule has 0 aliphatic heterocycles. The Kier molecular flexibility index (Phi) is 4.40. The van der Waals surface area contributed by atoms with E-state index in [4.69, 9.17) is 22.7 Å². The number of aryl methyl sites for hydroxylation is 1. The lowest BCUT2D eigenvalue weighted by Gasteiger charge is -2.19. The van der Waals surface area contributed by atoms with E-state index >= 15 is 0 Å². The van der Waals surface area contributed by atoms with Crippen molar-refractivity contribution in [2.24, 2.45) is 11.7 Å². The quantitative estimate of drug-likeness (QED) is 0.833. The van der Waals surface area contributed by atoms with Gasteiger partial charge in [-0.3, -0.25) is 0 Å². The molecule has 5 heteroatoms. The zero-order valence-corrected chi connectivity index (χ0v) is 11.8. The van der Waals surface area contributed by atoms with E-state index in [1.165, 1.54) is 0 Å². The second-order valence-corrected chi connectivity index (χ2v) is 4.96. The summed E-state index contributed by atoms with van der Waals surface area (Å²) in [5.74, 6) is 0.819. The van der Waals surface area contributed by atoms with Gasteiger partial charge >= 0.3 is 0 Å². The first kappa shape index (κ1) is 13.8. The van der Waals surface area contributed by atoms with E-state index < -0.39 is 0 Å². The Labute approximate surface area is 108 Å². The fourth-order valence-corrected chi connectivity index (χ4v) is 1.51. The summed E-state index contributed by atoms with van der Waals surface area (Å²) in [6.45, 7) is 9.95. The van der Waals surface area contributed by atoms with Crippen LogP contribution in [0.3, 0.4) is 0 Å². The number of nitrogens with zero attached hydrogens (tertiary/aromatic N) is 2. The summed E-state index contributed by atoms with van der Waals surface area (Å²) in [7, 11) is 0. The smallest absolute Gasteiger partial charge is 0.244 e. The van der Waals surface area contributed by atoms with E-state index in [0.29, 0.717) is 22.3 Å². The Bertz CT molecular complexity index is 432.